The zero-order valence-corrected chi connectivity index (χ0v) is 13.5. The molecule has 0 radical (unpaired) electrons. The number of carbonyl (C=O) groups is 1. The van der Waals surface area contributed by atoms with Gasteiger partial charge in [-0.25, -0.2) is 0 Å². The molecule has 0 aromatic heterocycles. The molecule has 1 unspecified atom stereocenters. The van der Waals surface area contributed by atoms with Crippen molar-refractivity contribution >= 4 is 5.91 Å². The van der Waals surface area contributed by atoms with Crippen molar-refractivity contribution < 1.29 is 15.0 Å². The topological polar surface area (TPSA) is 60.8 Å². The molecule has 2 aromatic rings. The predicted molar refractivity (Wildman–Crippen MR) is 89.6 cm³/mol. The van der Waals surface area contributed by atoms with Crippen molar-refractivity contribution in [1.29, 1.82) is 0 Å². The lowest BCUT2D eigenvalue weighted by molar-refractivity contribution is -0.144. The molecule has 4 nitrogen and oxygen atoms in total. The number of amides is 1. The quantitative estimate of drug-likeness (QED) is 0.861. The Hall–Kier alpha value is -2.17. The second kappa shape index (κ2) is 7.40. The van der Waals surface area contributed by atoms with Gasteiger partial charge in [-0.3, -0.25) is 4.79 Å². The maximum atomic E-state index is 12.7. The molecule has 0 aliphatic heterocycles. The molecule has 0 heterocycles. The van der Waals surface area contributed by atoms with Crippen LogP contribution in [-0.4, -0.2) is 33.2 Å². The number of carbonyl (C=O) groups excluding carboxylic acids is 1. The zero-order chi connectivity index (χ0) is 16.9. The molecular weight excluding hydrogens is 290 g/mol. The number of aliphatic hydroxyl groups is 2. The number of rotatable bonds is 6. The second-order valence-electron chi connectivity index (χ2n) is 6.31. The van der Waals surface area contributed by atoms with Gasteiger partial charge < -0.3 is 15.1 Å². The largest absolute Gasteiger partial charge is 0.389 e. The van der Waals surface area contributed by atoms with E-state index < -0.39 is 17.6 Å². The fraction of sp³-hybridized carbons (Fsp3) is 0.316. The second-order valence-corrected chi connectivity index (χ2v) is 6.31. The molecule has 2 aromatic carbocycles. The summed E-state index contributed by atoms with van der Waals surface area (Å²) in [7, 11) is 0. The number of hydrogen-bond acceptors (Lipinski definition) is 3. The molecule has 2 N–H and O–H groups in total. The van der Waals surface area contributed by atoms with Crippen molar-refractivity contribution in [2.45, 2.75) is 32.1 Å². The van der Waals surface area contributed by atoms with E-state index in [1.54, 1.807) is 38.1 Å². The summed E-state index contributed by atoms with van der Waals surface area (Å²) < 4.78 is 0. The molecule has 0 saturated carbocycles. The Kier molecular flexibility index (Phi) is 5.53. The standard InChI is InChI=1S/C19H23NO3/c1-19(2,23)14-20(13-15-9-5-3-6-10-15)18(22)17(21)16-11-7-4-8-12-16/h3-12,17,21,23H,13-14H2,1-2H3. The third kappa shape index (κ3) is 5.20. The molecule has 0 aliphatic carbocycles. The summed E-state index contributed by atoms with van der Waals surface area (Å²) >= 11 is 0. The van der Waals surface area contributed by atoms with Crippen LogP contribution >= 0.6 is 0 Å². The lowest BCUT2D eigenvalue weighted by atomic mass is 10.0. The van der Waals surface area contributed by atoms with E-state index in [1.165, 1.54) is 4.90 Å². The van der Waals surface area contributed by atoms with Crippen LogP contribution in [0.1, 0.15) is 31.1 Å². The molecule has 1 atom stereocenters. The van der Waals surface area contributed by atoms with Gasteiger partial charge in [0.15, 0.2) is 6.10 Å². The summed E-state index contributed by atoms with van der Waals surface area (Å²) in [5.74, 6) is -0.415. The van der Waals surface area contributed by atoms with Crippen molar-refractivity contribution in [2.24, 2.45) is 0 Å². The fourth-order valence-corrected chi connectivity index (χ4v) is 2.43. The Morgan fingerprint density at radius 1 is 1.04 bits per heavy atom. The highest BCUT2D eigenvalue weighted by Crippen LogP contribution is 2.19. The van der Waals surface area contributed by atoms with Crippen LogP contribution < -0.4 is 0 Å². The van der Waals surface area contributed by atoms with Crippen LogP contribution in [0.3, 0.4) is 0 Å². The first kappa shape index (κ1) is 17.2. The van der Waals surface area contributed by atoms with Crippen LogP contribution in [0.4, 0.5) is 0 Å². The molecule has 1 amide bonds. The van der Waals surface area contributed by atoms with E-state index >= 15 is 0 Å². The summed E-state index contributed by atoms with van der Waals surface area (Å²) in [6, 6.07) is 18.4. The molecule has 4 heteroatoms. The minimum atomic E-state index is -1.23. The van der Waals surface area contributed by atoms with Crippen molar-refractivity contribution in [3.05, 3.63) is 71.8 Å². The SMILES string of the molecule is CC(C)(O)CN(Cc1ccccc1)C(=O)C(O)c1ccccc1. The molecular formula is C19H23NO3. The minimum Gasteiger partial charge on any atom is -0.389 e. The van der Waals surface area contributed by atoms with Crippen LogP contribution in [0.25, 0.3) is 0 Å². The number of nitrogens with zero attached hydrogens (tertiary/aromatic N) is 1. The van der Waals surface area contributed by atoms with E-state index in [9.17, 15) is 15.0 Å². The maximum absolute atomic E-state index is 12.7. The van der Waals surface area contributed by atoms with Gasteiger partial charge in [0, 0.05) is 13.1 Å². The lowest BCUT2D eigenvalue weighted by Gasteiger charge is -2.31. The van der Waals surface area contributed by atoms with Crippen LogP contribution in [0.5, 0.6) is 0 Å². The monoisotopic (exact) mass is 313 g/mol. The Balaban J connectivity index is 2.20. The van der Waals surface area contributed by atoms with E-state index in [1.807, 2.05) is 36.4 Å². The number of hydrogen-bond donors (Lipinski definition) is 2. The average Bonchev–Trinajstić information content (AvgIpc) is 2.53. The van der Waals surface area contributed by atoms with Crippen molar-refractivity contribution in [3.8, 4) is 0 Å². The highest BCUT2D eigenvalue weighted by molar-refractivity contribution is 5.82. The van der Waals surface area contributed by atoms with E-state index in [0.717, 1.165) is 5.56 Å². The van der Waals surface area contributed by atoms with Gasteiger partial charge in [0.05, 0.1) is 5.60 Å². The van der Waals surface area contributed by atoms with Crippen molar-refractivity contribution in [1.82, 2.24) is 4.90 Å². The summed E-state index contributed by atoms with van der Waals surface area (Å²) in [6.45, 7) is 3.78. The van der Waals surface area contributed by atoms with Gasteiger partial charge in [-0.05, 0) is 25.0 Å². The third-order valence-electron chi connectivity index (χ3n) is 3.45. The van der Waals surface area contributed by atoms with E-state index in [0.29, 0.717) is 12.1 Å². The summed E-state index contributed by atoms with van der Waals surface area (Å²) in [6.07, 6.45) is -1.23. The first-order valence-corrected chi connectivity index (χ1v) is 7.65. The third-order valence-corrected chi connectivity index (χ3v) is 3.45. The molecule has 0 saturated heterocycles. The Morgan fingerprint density at radius 3 is 2.09 bits per heavy atom. The van der Waals surface area contributed by atoms with E-state index in [2.05, 4.69) is 0 Å². The Bertz CT molecular complexity index is 620. The molecule has 0 fully saturated rings. The van der Waals surface area contributed by atoms with Crippen LogP contribution in [0.15, 0.2) is 60.7 Å². The van der Waals surface area contributed by atoms with Gasteiger partial charge in [-0.1, -0.05) is 60.7 Å². The molecule has 0 spiro atoms. The Morgan fingerprint density at radius 2 is 1.57 bits per heavy atom. The van der Waals surface area contributed by atoms with E-state index in [-0.39, 0.29) is 6.54 Å². The molecule has 23 heavy (non-hydrogen) atoms. The first-order chi connectivity index (χ1) is 10.9. The molecule has 0 bridgehead atoms. The average molecular weight is 313 g/mol. The molecule has 122 valence electrons. The van der Waals surface area contributed by atoms with Gasteiger partial charge in [0.1, 0.15) is 0 Å². The number of aliphatic hydroxyl groups excluding tert-OH is 1. The van der Waals surface area contributed by atoms with Crippen LogP contribution in [-0.2, 0) is 11.3 Å². The molecule has 2 rings (SSSR count). The normalized spacial score (nSPS) is 12.7. The van der Waals surface area contributed by atoms with Gasteiger partial charge in [-0.2, -0.15) is 0 Å². The van der Waals surface area contributed by atoms with Gasteiger partial charge in [-0.15, -0.1) is 0 Å². The fourth-order valence-electron chi connectivity index (χ4n) is 2.43. The first-order valence-electron chi connectivity index (χ1n) is 7.65. The summed E-state index contributed by atoms with van der Waals surface area (Å²) in [5, 5.41) is 20.5. The van der Waals surface area contributed by atoms with Crippen LogP contribution in [0, 0.1) is 0 Å². The predicted octanol–water partition coefficient (Wildman–Crippen LogP) is 2.52. The zero-order valence-electron chi connectivity index (χ0n) is 13.5. The number of benzene rings is 2. The van der Waals surface area contributed by atoms with Crippen molar-refractivity contribution in [2.75, 3.05) is 6.54 Å². The molecule has 0 aliphatic rings. The van der Waals surface area contributed by atoms with Gasteiger partial charge in [0.25, 0.3) is 5.91 Å². The lowest BCUT2D eigenvalue weighted by Crippen LogP contribution is -2.43. The highest BCUT2D eigenvalue weighted by atomic mass is 16.3. The van der Waals surface area contributed by atoms with E-state index in [4.69, 9.17) is 0 Å². The van der Waals surface area contributed by atoms with Crippen LogP contribution in [0.2, 0.25) is 0 Å². The maximum Gasteiger partial charge on any atom is 0.256 e. The smallest absolute Gasteiger partial charge is 0.256 e. The van der Waals surface area contributed by atoms with Gasteiger partial charge >= 0.3 is 0 Å². The van der Waals surface area contributed by atoms with Crippen molar-refractivity contribution in [3.63, 3.8) is 0 Å². The Labute approximate surface area is 137 Å². The summed E-state index contributed by atoms with van der Waals surface area (Å²) in [5.41, 5.74) is 0.456. The highest BCUT2D eigenvalue weighted by Gasteiger charge is 2.28. The minimum absolute atomic E-state index is 0.143. The summed E-state index contributed by atoms with van der Waals surface area (Å²) in [4.78, 5) is 14.2. The van der Waals surface area contributed by atoms with Gasteiger partial charge in [0.2, 0.25) is 0 Å².